The first-order valence-electron chi connectivity index (χ1n) is 14.8. The zero-order valence-corrected chi connectivity index (χ0v) is 25.1. The number of carboxylic acid groups (broad SMARTS) is 1. The molecular weight excluding hydrogens is 526 g/mol. The van der Waals surface area contributed by atoms with E-state index in [0.29, 0.717) is 25.9 Å². The molecule has 42 heavy (non-hydrogen) atoms. The number of nitrogens with zero attached hydrogens (tertiary/aromatic N) is 4. The number of aromatic amines is 1. The zero-order valence-electron chi connectivity index (χ0n) is 25.1. The lowest BCUT2D eigenvalue weighted by Crippen LogP contribution is -2.46. The van der Waals surface area contributed by atoms with Crippen molar-refractivity contribution in [3.05, 3.63) is 82.4 Å². The smallest absolute Gasteiger partial charge is 0.407 e. The number of aryl methyl sites for hydroxylation is 2. The number of carbonyl (C=O) groups excluding carboxylic acids is 1. The van der Waals surface area contributed by atoms with Crippen molar-refractivity contribution in [3.8, 4) is 11.1 Å². The molecule has 3 aromatic heterocycles. The summed E-state index contributed by atoms with van der Waals surface area (Å²) in [6, 6.07) is 10.1. The van der Waals surface area contributed by atoms with Crippen molar-refractivity contribution < 1.29 is 14.7 Å². The molecular formula is C34H39N5O3. The van der Waals surface area contributed by atoms with Gasteiger partial charge in [0.2, 0.25) is 5.91 Å². The molecule has 2 aliphatic rings. The van der Waals surface area contributed by atoms with Gasteiger partial charge in [0.25, 0.3) is 0 Å². The van der Waals surface area contributed by atoms with Crippen molar-refractivity contribution in [1.29, 1.82) is 0 Å². The van der Waals surface area contributed by atoms with E-state index in [9.17, 15) is 14.7 Å². The van der Waals surface area contributed by atoms with Crippen LogP contribution in [0.5, 0.6) is 0 Å². The highest BCUT2D eigenvalue weighted by atomic mass is 16.4. The number of pyridine rings is 2. The molecule has 1 saturated heterocycles. The lowest BCUT2D eigenvalue weighted by Gasteiger charge is -2.46. The molecule has 0 aliphatic carbocycles. The molecule has 0 saturated carbocycles. The van der Waals surface area contributed by atoms with Crippen LogP contribution in [0.25, 0.3) is 22.2 Å². The second-order valence-corrected chi connectivity index (χ2v) is 12.9. The summed E-state index contributed by atoms with van der Waals surface area (Å²) in [4.78, 5) is 42.1. The second kappa shape index (κ2) is 10.6. The van der Waals surface area contributed by atoms with Crippen LogP contribution in [0.1, 0.15) is 79.2 Å². The van der Waals surface area contributed by atoms with Gasteiger partial charge in [0.1, 0.15) is 5.65 Å². The summed E-state index contributed by atoms with van der Waals surface area (Å²) in [5.74, 6) is 0.0946. The van der Waals surface area contributed by atoms with E-state index in [0.717, 1.165) is 62.9 Å². The molecule has 6 rings (SSSR count). The summed E-state index contributed by atoms with van der Waals surface area (Å²) in [7, 11) is 0. The maximum absolute atomic E-state index is 13.9. The quantitative estimate of drug-likeness (QED) is 0.284. The number of amides is 2. The van der Waals surface area contributed by atoms with E-state index in [1.165, 1.54) is 5.56 Å². The number of hydrogen-bond acceptors (Lipinski definition) is 4. The summed E-state index contributed by atoms with van der Waals surface area (Å²) in [5, 5.41) is 11.1. The SMILES string of the molecule is Cc1cc(CC(=O)N2CCc3c(cc(-c4cnc5[nH]cc(C)c5c4)cc3[C@@H]3CCCN3C(=O)O)C2C(C)(C)C)ccn1. The summed E-state index contributed by atoms with van der Waals surface area (Å²) in [6.07, 6.45) is 7.37. The Kier molecular flexibility index (Phi) is 7.03. The Balaban J connectivity index is 1.50. The van der Waals surface area contributed by atoms with E-state index in [2.05, 4.69) is 55.9 Å². The van der Waals surface area contributed by atoms with Crippen LogP contribution in [-0.4, -0.2) is 54.9 Å². The normalized spacial score (nSPS) is 18.9. The van der Waals surface area contributed by atoms with Crippen LogP contribution in [0, 0.1) is 19.3 Å². The van der Waals surface area contributed by atoms with Crippen molar-refractivity contribution in [2.75, 3.05) is 13.1 Å². The summed E-state index contributed by atoms with van der Waals surface area (Å²) in [6.45, 7) is 11.7. The molecule has 2 amide bonds. The minimum Gasteiger partial charge on any atom is -0.465 e. The number of carbonyl (C=O) groups is 2. The van der Waals surface area contributed by atoms with Gasteiger partial charge in [-0.05, 0) is 102 Å². The minimum atomic E-state index is -0.879. The molecule has 0 radical (unpaired) electrons. The van der Waals surface area contributed by atoms with E-state index in [1.807, 2.05) is 36.4 Å². The van der Waals surface area contributed by atoms with Gasteiger partial charge < -0.3 is 19.9 Å². The third-order valence-electron chi connectivity index (χ3n) is 8.91. The monoisotopic (exact) mass is 565 g/mol. The fourth-order valence-corrected chi connectivity index (χ4v) is 7.05. The molecule has 1 aromatic carbocycles. The average molecular weight is 566 g/mol. The van der Waals surface area contributed by atoms with Gasteiger partial charge in [0, 0.05) is 48.3 Å². The molecule has 218 valence electrons. The molecule has 2 N–H and O–H groups in total. The van der Waals surface area contributed by atoms with Crippen LogP contribution >= 0.6 is 0 Å². The van der Waals surface area contributed by atoms with Gasteiger partial charge in [0.15, 0.2) is 0 Å². The number of H-pyrrole nitrogens is 1. The van der Waals surface area contributed by atoms with Crippen LogP contribution in [0.4, 0.5) is 4.79 Å². The van der Waals surface area contributed by atoms with Gasteiger partial charge in [-0.3, -0.25) is 9.78 Å². The molecule has 1 unspecified atom stereocenters. The molecule has 0 spiro atoms. The standard InChI is InChI=1S/C34H39N5O3/c1-20-18-36-32-26(20)17-24(19-37-32)23-15-27(29-7-6-11-38(29)33(41)42)25-9-12-39(31(28(25)16-23)34(3,4)5)30(40)14-22-8-10-35-21(2)13-22/h8,10,13,15-19,29,31H,6-7,9,11-12,14H2,1-5H3,(H,36,37)(H,41,42)/t29-,31?/m0/s1. The van der Waals surface area contributed by atoms with Crippen LogP contribution in [-0.2, 0) is 17.6 Å². The molecule has 8 heteroatoms. The molecule has 1 fully saturated rings. The van der Waals surface area contributed by atoms with E-state index in [1.54, 1.807) is 11.1 Å². The van der Waals surface area contributed by atoms with E-state index < -0.39 is 6.09 Å². The van der Waals surface area contributed by atoms with Crippen LogP contribution in [0.3, 0.4) is 0 Å². The first kappa shape index (κ1) is 27.9. The fourth-order valence-electron chi connectivity index (χ4n) is 7.05. The Morgan fingerprint density at radius 1 is 1.02 bits per heavy atom. The van der Waals surface area contributed by atoms with Crippen molar-refractivity contribution in [2.45, 2.75) is 72.4 Å². The number of rotatable bonds is 4. The Hall–Kier alpha value is -4.20. The highest BCUT2D eigenvalue weighted by Crippen LogP contribution is 2.47. The largest absolute Gasteiger partial charge is 0.465 e. The van der Waals surface area contributed by atoms with Crippen molar-refractivity contribution >= 4 is 23.0 Å². The first-order chi connectivity index (χ1) is 20.0. The van der Waals surface area contributed by atoms with Crippen LogP contribution in [0.15, 0.2) is 48.9 Å². The second-order valence-electron chi connectivity index (χ2n) is 12.9. The predicted octanol–water partition coefficient (Wildman–Crippen LogP) is 6.77. The molecule has 2 aliphatic heterocycles. The Morgan fingerprint density at radius 2 is 1.81 bits per heavy atom. The zero-order chi connectivity index (χ0) is 29.8. The topological polar surface area (TPSA) is 102 Å². The number of benzene rings is 1. The molecule has 4 aromatic rings. The van der Waals surface area contributed by atoms with Crippen LogP contribution in [0.2, 0.25) is 0 Å². The maximum atomic E-state index is 13.9. The Morgan fingerprint density at radius 3 is 2.55 bits per heavy atom. The third kappa shape index (κ3) is 5.03. The summed E-state index contributed by atoms with van der Waals surface area (Å²) >= 11 is 0. The summed E-state index contributed by atoms with van der Waals surface area (Å²) < 4.78 is 0. The maximum Gasteiger partial charge on any atom is 0.407 e. The molecule has 0 bridgehead atoms. The first-order valence-corrected chi connectivity index (χ1v) is 14.8. The van der Waals surface area contributed by atoms with Crippen molar-refractivity contribution in [3.63, 3.8) is 0 Å². The number of hydrogen-bond donors (Lipinski definition) is 2. The third-order valence-corrected chi connectivity index (χ3v) is 8.91. The Bertz CT molecular complexity index is 1680. The summed E-state index contributed by atoms with van der Waals surface area (Å²) in [5.41, 5.74) is 8.94. The van der Waals surface area contributed by atoms with E-state index in [-0.39, 0.29) is 23.4 Å². The number of likely N-dealkylation sites (tertiary alicyclic amines) is 1. The predicted molar refractivity (Wildman–Crippen MR) is 163 cm³/mol. The molecule has 8 nitrogen and oxygen atoms in total. The number of nitrogens with one attached hydrogen (secondary N) is 1. The highest BCUT2D eigenvalue weighted by molar-refractivity contribution is 5.85. The lowest BCUT2D eigenvalue weighted by molar-refractivity contribution is -0.136. The fraction of sp³-hybridized carbons (Fsp3) is 0.412. The van der Waals surface area contributed by atoms with Gasteiger partial charge in [-0.1, -0.05) is 20.8 Å². The van der Waals surface area contributed by atoms with E-state index in [4.69, 9.17) is 4.98 Å². The number of fused-ring (bicyclic) bond motifs is 2. The molecule has 5 heterocycles. The van der Waals surface area contributed by atoms with Gasteiger partial charge in [-0.25, -0.2) is 9.78 Å². The lowest BCUT2D eigenvalue weighted by atomic mass is 9.74. The number of aromatic nitrogens is 3. The minimum absolute atomic E-state index is 0.0946. The van der Waals surface area contributed by atoms with Gasteiger partial charge in [-0.15, -0.1) is 0 Å². The van der Waals surface area contributed by atoms with Crippen LogP contribution < -0.4 is 0 Å². The van der Waals surface area contributed by atoms with E-state index >= 15 is 0 Å². The van der Waals surface area contributed by atoms with Gasteiger partial charge in [-0.2, -0.15) is 0 Å². The van der Waals surface area contributed by atoms with Crippen molar-refractivity contribution in [1.82, 2.24) is 24.8 Å². The Labute approximate surface area is 246 Å². The highest BCUT2D eigenvalue weighted by Gasteiger charge is 2.41. The van der Waals surface area contributed by atoms with Gasteiger partial charge in [0.05, 0.1) is 18.5 Å². The average Bonchev–Trinajstić information content (AvgIpc) is 3.58. The van der Waals surface area contributed by atoms with Gasteiger partial charge >= 0.3 is 6.09 Å². The van der Waals surface area contributed by atoms with Crippen molar-refractivity contribution in [2.24, 2.45) is 5.41 Å². The molecule has 2 atom stereocenters.